The van der Waals surface area contributed by atoms with Crippen LogP contribution in [0.15, 0.2) is 11.4 Å². The molecule has 1 aromatic rings. The van der Waals surface area contributed by atoms with Crippen molar-refractivity contribution in [3.63, 3.8) is 0 Å². The smallest absolute Gasteiger partial charge is 0.389 e. The first-order valence-electron chi connectivity index (χ1n) is 4.75. The van der Waals surface area contributed by atoms with Crippen LogP contribution in [0.2, 0.25) is 0 Å². The van der Waals surface area contributed by atoms with E-state index in [4.69, 9.17) is 5.11 Å². The number of nitrogens with zero attached hydrogens (tertiary/aromatic N) is 2. The van der Waals surface area contributed by atoms with Crippen LogP contribution < -0.4 is 0 Å². The minimum Gasteiger partial charge on any atom is -0.390 e. The molecule has 0 spiro atoms. The Morgan fingerprint density at radius 1 is 1.50 bits per heavy atom. The number of hydrogen-bond donors (Lipinski definition) is 1. The molecule has 0 aliphatic carbocycles. The van der Waals surface area contributed by atoms with Gasteiger partial charge in [-0.25, -0.2) is 4.98 Å². The van der Waals surface area contributed by atoms with Crippen molar-refractivity contribution in [2.75, 3.05) is 5.75 Å². The van der Waals surface area contributed by atoms with Gasteiger partial charge >= 0.3 is 6.18 Å². The van der Waals surface area contributed by atoms with Gasteiger partial charge in [0.2, 0.25) is 0 Å². The maximum Gasteiger partial charge on any atom is 0.389 e. The Kier molecular flexibility index (Phi) is 4.67. The Morgan fingerprint density at radius 3 is 2.69 bits per heavy atom. The molecule has 92 valence electrons. The molecule has 0 aromatic carbocycles. The minimum atomic E-state index is -4.08. The third-order valence-electron chi connectivity index (χ3n) is 2.04. The molecule has 0 saturated carbocycles. The zero-order valence-corrected chi connectivity index (χ0v) is 9.61. The van der Waals surface area contributed by atoms with E-state index in [0.29, 0.717) is 16.6 Å². The van der Waals surface area contributed by atoms with Gasteiger partial charge in [-0.1, -0.05) is 11.8 Å². The van der Waals surface area contributed by atoms with Gasteiger partial charge in [-0.05, 0) is 6.42 Å². The molecule has 0 aliphatic heterocycles. The highest BCUT2D eigenvalue weighted by Crippen LogP contribution is 2.24. The highest BCUT2D eigenvalue weighted by atomic mass is 32.2. The topological polar surface area (TPSA) is 38.0 Å². The number of aliphatic hydroxyl groups is 1. The van der Waals surface area contributed by atoms with Gasteiger partial charge in [0.05, 0.1) is 18.5 Å². The van der Waals surface area contributed by atoms with Gasteiger partial charge in [0.1, 0.15) is 0 Å². The summed E-state index contributed by atoms with van der Waals surface area (Å²) >= 11 is 1.26. The van der Waals surface area contributed by atoms with E-state index in [0.717, 1.165) is 0 Å². The normalized spacial score (nSPS) is 12.1. The van der Waals surface area contributed by atoms with E-state index in [1.807, 2.05) is 0 Å². The van der Waals surface area contributed by atoms with Crippen molar-refractivity contribution in [2.24, 2.45) is 7.05 Å². The van der Waals surface area contributed by atoms with Crippen LogP contribution >= 0.6 is 11.8 Å². The van der Waals surface area contributed by atoms with Crippen molar-refractivity contribution < 1.29 is 18.3 Å². The van der Waals surface area contributed by atoms with E-state index in [-0.39, 0.29) is 13.0 Å². The third kappa shape index (κ3) is 4.05. The second-order valence-electron chi connectivity index (χ2n) is 3.32. The lowest BCUT2D eigenvalue weighted by Gasteiger charge is -2.06. The first-order valence-corrected chi connectivity index (χ1v) is 5.73. The van der Waals surface area contributed by atoms with Gasteiger partial charge in [0, 0.05) is 19.2 Å². The fourth-order valence-electron chi connectivity index (χ4n) is 1.14. The maximum absolute atomic E-state index is 11.9. The van der Waals surface area contributed by atoms with Gasteiger partial charge in [-0.15, -0.1) is 0 Å². The summed E-state index contributed by atoms with van der Waals surface area (Å²) in [5, 5.41) is 9.52. The van der Waals surface area contributed by atoms with Crippen molar-refractivity contribution in [3.05, 3.63) is 11.9 Å². The first kappa shape index (κ1) is 13.4. The molecular formula is C9H13F3N2OS. The predicted molar refractivity (Wildman–Crippen MR) is 55.1 cm³/mol. The zero-order valence-electron chi connectivity index (χ0n) is 8.79. The average Bonchev–Trinajstić information content (AvgIpc) is 2.53. The molecule has 16 heavy (non-hydrogen) atoms. The molecular weight excluding hydrogens is 241 g/mol. The average molecular weight is 254 g/mol. The van der Waals surface area contributed by atoms with Gasteiger partial charge in [0.15, 0.2) is 5.16 Å². The van der Waals surface area contributed by atoms with E-state index in [1.165, 1.54) is 18.0 Å². The van der Waals surface area contributed by atoms with Crippen LogP contribution in [0.1, 0.15) is 18.5 Å². The molecule has 0 unspecified atom stereocenters. The highest BCUT2D eigenvalue weighted by molar-refractivity contribution is 7.99. The van der Waals surface area contributed by atoms with Crippen LogP contribution in [0, 0.1) is 0 Å². The molecule has 1 N–H and O–H groups in total. The summed E-state index contributed by atoms with van der Waals surface area (Å²) in [6.07, 6.45) is -3.25. The molecule has 7 heteroatoms. The quantitative estimate of drug-likeness (QED) is 0.647. The summed E-state index contributed by atoms with van der Waals surface area (Å²) in [5.74, 6) is 0.370. The van der Waals surface area contributed by atoms with Crippen molar-refractivity contribution >= 4 is 11.8 Å². The maximum atomic E-state index is 11.9. The van der Waals surface area contributed by atoms with Crippen molar-refractivity contribution in [1.29, 1.82) is 0 Å². The van der Waals surface area contributed by atoms with Crippen LogP contribution in [0.25, 0.3) is 0 Å². The molecule has 0 amide bonds. The molecule has 0 saturated heterocycles. The second kappa shape index (κ2) is 5.58. The number of alkyl halides is 3. The largest absolute Gasteiger partial charge is 0.390 e. The Labute approximate surface area is 95.7 Å². The molecule has 0 atom stereocenters. The van der Waals surface area contributed by atoms with Crippen LogP contribution in [0.4, 0.5) is 13.2 Å². The second-order valence-corrected chi connectivity index (χ2v) is 4.38. The number of aromatic nitrogens is 2. The molecule has 0 fully saturated rings. The van der Waals surface area contributed by atoms with E-state index in [2.05, 4.69) is 4.98 Å². The predicted octanol–water partition coefficient (Wildman–Crippen LogP) is 2.35. The summed E-state index contributed by atoms with van der Waals surface area (Å²) in [4.78, 5) is 4.01. The monoisotopic (exact) mass is 254 g/mol. The van der Waals surface area contributed by atoms with Crippen LogP contribution in [-0.2, 0) is 13.7 Å². The number of halogens is 3. The van der Waals surface area contributed by atoms with E-state index >= 15 is 0 Å². The van der Waals surface area contributed by atoms with E-state index in [1.54, 1.807) is 11.6 Å². The Balaban J connectivity index is 2.35. The molecule has 1 heterocycles. The first-order chi connectivity index (χ1) is 7.44. The molecule has 0 radical (unpaired) electrons. The fourth-order valence-corrected chi connectivity index (χ4v) is 2.05. The summed E-state index contributed by atoms with van der Waals surface area (Å²) in [6.45, 7) is -0.118. The molecule has 0 bridgehead atoms. The Morgan fingerprint density at radius 2 is 2.19 bits per heavy atom. The molecule has 1 rings (SSSR count). The number of imidazole rings is 1. The molecule has 3 nitrogen and oxygen atoms in total. The van der Waals surface area contributed by atoms with E-state index in [9.17, 15) is 13.2 Å². The van der Waals surface area contributed by atoms with Gasteiger partial charge in [0.25, 0.3) is 0 Å². The van der Waals surface area contributed by atoms with E-state index < -0.39 is 12.6 Å². The highest BCUT2D eigenvalue weighted by Gasteiger charge is 2.26. The SMILES string of the molecule is Cn1c(CO)cnc1SCCCC(F)(F)F. The van der Waals surface area contributed by atoms with Crippen LogP contribution in [0.5, 0.6) is 0 Å². The number of aliphatic hydroxyl groups excluding tert-OH is 1. The molecule has 0 aliphatic rings. The third-order valence-corrected chi connectivity index (χ3v) is 3.17. The Bertz CT molecular complexity index is 338. The van der Waals surface area contributed by atoms with Crippen molar-refractivity contribution in [3.8, 4) is 0 Å². The van der Waals surface area contributed by atoms with Gasteiger partial charge in [-0.2, -0.15) is 13.2 Å². The van der Waals surface area contributed by atoms with Crippen LogP contribution in [0.3, 0.4) is 0 Å². The zero-order chi connectivity index (χ0) is 12.2. The van der Waals surface area contributed by atoms with Crippen molar-refractivity contribution in [2.45, 2.75) is 30.8 Å². The summed E-state index contributed by atoms with van der Waals surface area (Å²) in [6, 6.07) is 0. The number of rotatable bonds is 5. The summed E-state index contributed by atoms with van der Waals surface area (Å²) in [5.41, 5.74) is 0.651. The fraction of sp³-hybridized carbons (Fsp3) is 0.667. The summed E-state index contributed by atoms with van der Waals surface area (Å²) < 4.78 is 37.2. The summed E-state index contributed by atoms with van der Waals surface area (Å²) in [7, 11) is 1.73. The van der Waals surface area contributed by atoms with Gasteiger partial charge in [-0.3, -0.25) is 0 Å². The Hall–Kier alpha value is -0.690. The standard InChI is InChI=1S/C9H13F3N2OS/c1-14-7(6-15)5-13-8(14)16-4-2-3-9(10,11)12/h5,15H,2-4,6H2,1H3. The lowest BCUT2D eigenvalue weighted by Crippen LogP contribution is -2.07. The minimum absolute atomic E-state index is 0.0789. The van der Waals surface area contributed by atoms with Crippen molar-refractivity contribution in [1.82, 2.24) is 9.55 Å². The number of thioether (sulfide) groups is 1. The number of hydrogen-bond acceptors (Lipinski definition) is 3. The van der Waals surface area contributed by atoms with Gasteiger partial charge < -0.3 is 9.67 Å². The van der Waals surface area contributed by atoms with Crippen LogP contribution in [-0.4, -0.2) is 26.6 Å². The lowest BCUT2D eigenvalue weighted by atomic mass is 10.3. The molecule has 1 aromatic heterocycles. The lowest BCUT2D eigenvalue weighted by molar-refractivity contribution is -0.134.